The minimum Gasteiger partial charge on any atom is -0.493 e. The number of carbonyl (C=O) groups excluding carboxylic acids is 3. The number of likely N-dealkylation sites (tertiary alicyclic amines) is 1. The van der Waals surface area contributed by atoms with Gasteiger partial charge in [0, 0.05) is 19.0 Å². The van der Waals surface area contributed by atoms with Crippen LogP contribution in [0.3, 0.4) is 0 Å². The Morgan fingerprint density at radius 3 is 2.72 bits per heavy atom. The number of rotatable bonds is 7. The zero-order chi connectivity index (χ0) is 18.2. The first-order valence-corrected chi connectivity index (χ1v) is 8.04. The van der Waals surface area contributed by atoms with Crippen LogP contribution in [0.1, 0.15) is 25.3 Å². The van der Waals surface area contributed by atoms with Crippen LogP contribution >= 0.6 is 0 Å². The smallest absolute Gasteiger partial charge is 0.331 e. The number of imide groups is 1. The quantitative estimate of drug-likeness (QED) is 0.552. The second kappa shape index (κ2) is 8.86. The van der Waals surface area contributed by atoms with Crippen LogP contribution in [0.25, 0.3) is 6.08 Å². The Labute approximate surface area is 146 Å². The van der Waals surface area contributed by atoms with Gasteiger partial charge in [0.05, 0.1) is 13.7 Å². The normalized spacial score (nSPS) is 14.0. The Hall–Kier alpha value is -2.83. The van der Waals surface area contributed by atoms with Gasteiger partial charge in [0.15, 0.2) is 18.1 Å². The summed E-state index contributed by atoms with van der Waals surface area (Å²) >= 11 is 0. The second-order valence-corrected chi connectivity index (χ2v) is 5.33. The Morgan fingerprint density at radius 1 is 1.28 bits per heavy atom. The second-order valence-electron chi connectivity index (χ2n) is 5.33. The van der Waals surface area contributed by atoms with Crippen LogP contribution in [-0.2, 0) is 19.1 Å². The number of hydrogen-bond donors (Lipinski definition) is 0. The van der Waals surface area contributed by atoms with Crippen molar-refractivity contribution in [2.75, 3.05) is 26.9 Å². The Bertz CT molecular complexity index is 682. The van der Waals surface area contributed by atoms with E-state index >= 15 is 0 Å². The maximum Gasteiger partial charge on any atom is 0.331 e. The van der Waals surface area contributed by atoms with Gasteiger partial charge in [-0.25, -0.2) is 4.79 Å². The van der Waals surface area contributed by atoms with Gasteiger partial charge in [-0.05, 0) is 37.1 Å². The van der Waals surface area contributed by atoms with Crippen LogP contribution in [0.4, 0.5) is 0 Å². The Morgan fingerprint density at radius 2 is 2.08 bits per heavy atom. The molecule has 1 fully saturated rings. The number of esters is 1. The molecule has 0 unspecified atom stereocenters. The third-order valence-corrected chi connectivity index (χ3v) is 3.61. The number of methoxy groups -OCH3 is 1. The molecule has 2 amide bonds. The molecular weight excluding hydrogens is 326 g/mol. The summed E-state index contributed by atoms with van der Waals surface area (Å²) in [5, 5.41) is 0. The highest BCUT2D eigenvalue weighted by molar-refractivity contribution is 5.98. The van der Waals surface area contributed by atoms with E-state index in [2.05, 4.69) is 0 Å². The molecule has 25 heavy (non-hydrogen) atoms. The lowest BCUT2D eigenvalue weighted by atomic mass is 10.2. The molecule has 134 valence electrons. The summed E-state index contributed by atoms with van der Waals surface area (Å²) in [6.45, 7) is 2.29. The summed E-state index contributed by atoms with van der Waals surface area (Å²) in [5.41, 5.74) is 0.724. The van der Waals surface area contributed by atoms with Gasteiger partial charge in [0.1, 0.15) is 0 Å². The monoisotopic (exact) mass is 347 g/mol. The van der Waals surface area contributed by atoms with E-state index in [1.807, 2.05) is 6.92 Å². The predicted octanol–water partition coefficient (Wildman–Crippen LogP) is 1.80. The van der Waals surface area contributed by atoms with E-state index in [-0.39, 0.29) is 5.91 Å². The zero-order valence-electron chi connectivity index (χ0n) is 14.3. The summed E-state index contributed by atoms with van der Waals surface area (Å²) in [7, 11) is 1.55. The van der Waals surface area contributed by atoms with Gasteiger partial charge in [0.25, 0.3) is 5.91 Å². The number of ether oxygens (including phenoxy) is 3. The first kappa shape index (κ1) is 18.5. The number of hydrogen-bond acceptors (Lipinski definition) is 6. The number of amides is 2. The van der Waals surface area contributed by atoms with Crippen molar-refractivity contribution in [3.8, 4) is 11.5 Å². The highest BCUT2D eigenvalue weighted by Gasteiger charge is 2.26. The largest absolute Gasteiger partial charge is 0.493 e. The molecule has 0 aromatic heterocycles. The fourth-order valence-electron chi connectivity index (χ4n) is 2.40. The third kappa shape index (κ3) is 5.07. The van der Waals surface area contributed by atoms with Gasteiger partial charge in [-0.3, -0.25) is 14.5 Å². The summed E-state index contributed by atoms with van der Waals surface area (Å²) in [5.74, 6) is -0.204. The summed E-state index contributed by atoms with van der Waals surface area (Å²) in [6.07, 6.45) is 3.78. The van der Waals surface area contributed by atoms with Crippen molar-refractivity contribution >= 4 is 23.9 Å². The fourth-order valence-corrected chi connectivity index (χ4v) is 2.40. The van der Waals surface area contributed by atoms with Crippen LogP contribution in [0.15, 0.2) is 24.3 Å². The topological polar surface area (TPSA) is 82.1 Å². The fraction of sp³-hybridized carbons (Fsp3) is 0.389. The van der Waals surface area contributed by atoms with Crippen molar-refractivity contribution in [1.29, 1.82) is 0 Å². The van der Waals surface area contributed by atoms with E-state index in [1.54, 1.807) is 31.4 Å². The molecule has 1 saturated heterocycles. The third-order valence-electron chi connectivity index (χ3n) is 3.61. The molecule has 0 N–H and O–H groups in total. The minimum absolute atomic E-state index is 0.224. The van der Waals surface area contributed by atoms with E-state index in [0.29, 0.717) is 37.5 Å². The average molecular weight is 347 g/mol. The highest BCUT2D eigenvalue weighted by Crippen LogP contribution is 2.28. The van der Waals surface area contributed by atoms with Gasteiger partial charge in [-0.15, -0.1) is 0 Å². The first-order chi connectivity index (χ1) is 12.0. The molecule has 7 nitrogen and oxygen atoms in total. The van der Waals surface area contributed by atoms with Crippen molar-refractivity contribution < 1.29 is 28.6 Å². The molecule has 1 aliphatic rings. The predicted molar refractivity (Wildman–Crippen MR) is 90.1 cm³/mol. The lowest BCUT2D eigenvalue weighted by Crippen LogP contribution is -2.35. The van der Waals surface area contributed by atoms with Crippen LogP contribution in [0.2, 0.25) is 0 Å². The number of benzene rings is 1. The standard InChI is InChI=1S/C18H21NO6/c1-3-24-15-11-13(6-8-14(15)23-2)7-9-18(22)25-12-17(21)19-10-4-5-16(19)20/h6-9,11H,3-5,10,12H2,1-2H3/b9-7+. The van der Waals surface area contributed by atoms with Gasteiger partial charge in [-0.2, -0.15) is 0 Å². The summed E-state index contributed by atoms with van der Waals surface area (Å²) < 4.78 is 15.5. The molecule has 1 heterocycles. The highest BCUT2D eigenvalue weighted by atomic mass is 16.5. The molecule has 0 spiro atoms. The number of carbonyl (C=O) groups is 3. The van der Waals surface area contributed by atoms with Crippen LogP contribution in [0.5, 0.6) is 11.5 Å². The molecular formula is C18H21NO6. The van der Waals surface area contributed by atoms with Crippen molar-refractivity contribution in [2.45, 2.75) is 19.8 Å². The maximum absolute atomic E-state index is 11.8. The molecule has 0 atom stereocenters. The van der Waals surface area contributed by atoms with E-state index in [0.717, 1.165) is 10.5 Å². The maximum atomic E-state index is 11.8. The summed E-state index contributed by atoms with van der Waals surface area (Å²) in [6, 6.07) is 5.23. The zero-order valence-corrected chi connectivity index (χ0v) is 14.3. The Balaban J connectivity index is 1.90. The minimum atomic E-state index is -0.659. The van der Waals surface area contributed by atoms with E-state index in [4.69, 9.17) is 14.2 Å². The molecule has 1 aliphatic heterocycles. The molecule has 0 bridgehead atoms. The van der Waals surface area contributed by atoms with Crippen molar-refractivity contribution in [3.63, 3.8) is 0 Å². The van der Waals surface area contributed by atoms with Crippen LogP contribution < -0.4 is 9.47 Å². The van der Waals surface area contributed by atoms with Gasteiger partial charge < -0.3 is 14.2 Å². The van der Waals surface area contributed by atoms with E-state index < -0.39 is 18.5 Å². The van der Waals surface area contributed by atoms with Gasteiger partial charge >= 0.3 is 5.97 Å². The SMILES string of the molecule is CCOc1cc(/C=C/C(=O)OCC(=O)N2CCCC2=O)ccc1OC. The molecule has 1 aromatic rings. The molecule has 0 saturated carbocycles. The summed E-state index contributed by atoms with van der Waals surface area (Å²) in [4.78, 5) is 36.1. The van der Waals surface area contributed by atoms with Gasteiger partial charge in [-0.1, -0.05) is 6.07 Å². The van der Waals surface area contributed by atoms with Crippen molar-refractivity contribution in [3.05, 3.63) is 29.8 Å². The molecule has 0 radical (unpaired) electrons. The van der Waals surface area contributed by atoms with Crippen molar-refractivity contribution in [1.82, 2.24) is 4.90 Å². The lowest BCUT2D eigenvalue weighted by molar-refractivity contribution is -0.151. The molecule has 7 heteroatoms. The molecule has 2 rings (SSSR count). The molecule has 0 aliphatic carbocycles. The first-order valence-electron chi connectivity index (χ1n) is 8.04. The molecule has 1 aromatic carbocycles. The van der Waals surface area contributed by atoms with E-state index in [9.17, 15) is 14.4 Å². The Kier molecular flexibility index (Phi) is 6.56. The number of nitrogens with zero attached hydrogens (tertiary/aromatic N) is 1. The average Bonchev–Trinajstić information content (AvgIpc) is 3.04. The van der Waals surface area contributed by atoms with E-state index in [1.165, 1.54) is 6.08 Å². The van der Waals surface area contributed by atoms with Crippen LogP contribution in [-0.4, -0.2) is 49.6 Å². The lowest BCUT2D eigenvalue weighted by Gasteiger charge is -2.12. The van der Waals surface area contributed by atoms with Gasteiger partial charge in [0.2, 0.25) is 5.91 Å². The van der Waals surface area contributed by atoms with Crippen LogP contribution in [0, 0.1) is 0 Å². The van der Waals surface area contributed by atoms with Crippen molar-refractivity contribution in [2.24, 2.45) is 0 Å².